The van der Waals surface area contributed by atoms with E-state index in [0.717, 1.165) is 36.1 Å². The van der Waals surface area contributed by atoms with Crippen LogP contribution in [0.25, 0.3) is 22.3 Å². The molecule has 1 fully saturated rings. The molecule has 0 spiro atoms. The molecule has 0 bridgehead atoms. The van der Waals surface area contributed by atoms with Crippen molar-refractivity contribution in [2.45, 2.75) is 52.2 Å². The van der Waals surface area contributed by atoms with Gasteiger partial charge in [-0.15, -0.1) is 5.10 Å². The standard InChI is InChI=1S/C21H28N6O/c1-13-7-5-8-14(11-13)17-16-18(22)27(21(2,3)4)26-19(16)25-20(24-17)23-12-15-9-6-10-28-15/h5,7-8,11,15H,6,9-10,12,22H2,1-4H3,(H,23,25,26)/t15-/m0/s1. The fraction of sp³-hybridized carbons (Fsp3) is 0.476. The van der Waals surface area contributed by atoms with E-state index in [1.54, 1.807) is 0 Å². The molecule has 1 aliphatic heterocycles. The zero-order chi connectivity index (χ0) is 19.9. The third-order valence-corrected chi connectivity index (χ3v) is 5.01. The zero-order valence-corrected chi connectivity index (χ0v) is 17.0. The third-order valence-electron chi connectivity index (χ3n) is 5.01. The molecule has 3 heterocycles. The van der Waals surface area contributed by atoms with Crippen molar-refractivity contribution in [1.29, 1.82) is 0 Å². The van der Waals surface area contributed by atoms with Gasteiger partial charge in [0, 0.05) is 18.7 Å². The molecule has 148 valence electrons. The van der Waals surface area contributed by atoms with E-state index in [1.807, 2.05) is 16.8 Å². The molecule has 4 rings (SSSR count). The lowest BCUT2D eigenvalue weighted by molar-refractivity contribution is 0.120. The number of anilines is 2. The zero-order valence-electron chi connectivity index (χ0n) is 17.0. The molecular weight excluding hydrogens is 352 g/mol. The molecule has 2 aromatic heterocycles. The quantitative estimate of drug-likeness (QED) is 0.717. The third kappa shape index (κ3) is 3.54. The van der Waals surface area contributed by atoms with Crippen molar-refractivity contribution >= 4 is 22.8 Å². The van der Waals surface area contributed by atoms with Crippen molar-refractivity contribution in [2.24, 2.45) is 0 Å². The summed E-state index contributed by atoms with van der Waals surface area (Å²) >= 11 is 0. The smallest absolute Gasteiger partial charge is 0.225 e. The summed E-state index contributed by atoms with van der Waals surface area (Å²) in [6.45, 7) is 9.81. The van der Waals surface area contributed by atoms with E-state index in [-0.39, 0.29) is 11.6 Å². The van der Waals surface area contributed by atoms with E-state index >= 15 is 0 Å². The minimum atomic E-state index is -0.250. The second-order valence-corrected chi connectivity index (χ2v) is 8.45. The summed E-state index contributed by atoms with van der Waals surface area (Å²) in [4.78, 5) is 9.47. The van der Waals surface area contributed by atoms with E-state index in [2.05, 4.69) is 50.1 Å². The van der Waals surface area contributed by atoms with Gasteiger partial charge in [0.05, 0.1) is 22.7 Å². The monoisotopic (exact) mass is 380 g/mol. The number of ether oxygens (including phenoxy) is 1. The lowest BCUT2D eigenvalue weighted by Crippen LogP contribution is -2.24. The van der Waals surface area contributed by atoms with Gasteiger partial charge in [-0.2, -0.15) is 4.98 Å². The molecule has 0 amide bonds. The van der Waals surface area contributed by atoms with Gasteiger partial charge in [-0.1, -0.05) is 23.8 Å². The minimum Gasteiger partial charge on any atom is -0.383 e. The van der Waals surface area contributed by atoms with Gasteiger partial charge in [0.1, 0.15) is 5.82 Å². The fourth-order valence-corrected chi connectivity index (χ4v) is 3.61. The normalized spacial score (nSPS) is 17.4. The number of benzene rings is 1. The number of nitrogen functional groups attached to an aromatic ring is 1. The first-order valence-corrected chi connectivity index (χ1v) is 9.82. The van der Waals surface area contributed by atoms with Gasteiger partial charge in [-0.05, 0) is 46.6 Å². The van der Waals surface area contributed by atoms with Crippen LogP contribution in [0.4, 0.5) is 11.8 Å². The highest BCUT2D eigenvalue weighted by atomic mass is 16.5. The van der Waals surface area contributed by atoms with Crippen LogP contribution in [0, 0.1) is 6.92 Å². The summed E-state index contributed by atoms with van der Waals surface area (Å²) in [5.41, 5.74) is 9.84. The molecule has 1 aromatic carbocycles. The van der Waals surface area contributed by atoms with Crippen LogP contribution in [0.15, 0.2) is 24.3 Å². The Labute approximate surface area is 165 Å². The van der Waals surface area contributed by atoms with E-state index in [9.17, 15) is 0 Å². The van der Waals surface area contributed by atoms with Crippen molar-refractivity contribution in [2.75, 3.05) is 24.2 Å². The molecule has 1 saturated heterocycles. The lowest BCUT2D eigenvalue weighted by atomic mass is 10.1. The first-order chi connectivity index (χ1) is 13.3. The Hall–Kier alpha value is -2.67. The van der Waals surface area contributed by atoms with E-state index in [1.165, 1.54) is 5.56 Å². The maximum absolute atomic E-state index is 6.50. The summed E-state index contributed by atoms with van der Waals surface area (Å²) in [6, 6.07) is 8.26. The van der Waals surface area contributed by atoms with Crippen molar-refractivity contribution in [3.8, 4) is 11.3 Å². The molecule has 0 radical (unpaired) electrons. The molecular formula is C21H28N6O. The van der Waals surface area contributed by atoms with Crippen molar-refractivity contribution in [1.82, 2.24) is 19.7 Å². The SMILES string of the molecule is Cc1cccc(-c2nc(NC[C@@H]3CCCO3)nc3nn(C(C)(C)C)c(N)c23)c1. The second-order valence-electron chi connectivity index (χ2n) is 8.45. The van der Waals surface area contributed by atoms with Crippen molar-refractivity contribution in [3.05, 3.63) is 29.8 Å². The van der Waals surface area contributed by atoms with E-state index < -0.39 is 0 Å². The first-order valence-electron chi connectivity index (χ1n) is 9.82. The molecule has 3 N–H and O–H groups in total. The van der Waals surface area contributed by atoms with Crippen LogP contribution in [0.5, 0.6) is 0 Å². The molecule has 0 unspecified atom stereocenters. The minimum absolute atomic E-state index is 0.207. The summed E-state index contributed by atoms with van der Waals surface area (Å²) in [5, 5.41) is 8.83. The van der Waals surface area contributed by atoms with Gasteiger partial charge in [0.2, 0.25) is 5.95 Å². The Morgan fingerprint density at radius 2 is 2.11 bits per heavy atom. The topological polar surface area (TPSA) is 90.9 Å². The molecule has 7 nitrogen and oxygen atoms in total. The summed E-state index contributed by atoms with van der Waals surface area (Å²) in [6.07, 6.45) is 2.37. The first kappa shape index (κ1) is 18.7. The molecule has 0 saturated carbocycles. The van der Waals surface area contributed by atoms with Gasteiger partial charge in [-0.25, -0.2) is 9.67 Å². The number of nitrogens with zero attached hydrogens (tertiary/aromatic N) is 4. The molecule has 7 heteroatoms. The Morgan fingerprint density at radius 1 is 1.29 bits per heavy atom. The Kier molecular flexibility index (Phi) is 4.71. The highest BCUT2D eigenvalue weighted by Gasteiger charge is 2.24. The number of nitrogens with one attached hydrogen (secondary N) is 1. The summed E-state index contributed by atoms with van der Waals surface area (Å²) in [7, 11) is 0. The average Bonchev–Trinajstić information content (AvgIpc) is 3.27. The van der Waals surface area contributed by atoms with E-state index in [0.29, 0.717) is 24.0 Å². The van der Waals surface area contributed by atoms with Crippen LogP contribution in [0.1, 0.15) is 39.2 Å². The van der Waals surface area contributed by atoms with Crippen molar-refractivity contribution in [3.63, 3.8) is 0 Å². The molecule has 3 aromatic rings. The van der Waals surface area contributed by atoms with Gasteiger partial charge in [-0.3, -0.25) is 0 Å². The number of nitrogens with two attached hydrogens (primary N) is 1. The van der Waals surface area contributed by atoms with Crippen LogP contribution in [0.2, 0.25) is 0 Å². The van der Waals surface area contributed by atoms with E-state index in [4.69, 9.17) is 20.6 Å². The number of aryl methyl sites for hydroxylation is 1. The summed E-state index contributed by atoms with van der Waals surface area (Å²) < 4.78 is 7.53. The van der Waals surface area contributed by atoms with Gasteiger partial charge in [0.25, 0.3) is 0 Å². The van der Waals surface area contributed by atoms with Gasteiger partial charge in [0.15, 0.2) is 5.65 Å². The van der Waals surface area contributed by atoms with Crippen LogP contribution in [0.3, 0.4) is 0 Å². The predicted octanol–water partition coefficient (Wildman–Crippen LogP) is 3.73. The molecule has 1 atom stereocenters. The largest absolute Gasteiger partial charge is 0.383 e. The van der Waals surface area contributed by atoms with Gasteiger partial charge < -0.3 is 15.8 Å². The number of hydrogen-bond acceptors (Lipinski definition) is 6. The summed E-state index contributed by atoms with van der Waals surface area (Å²) in [5.74, 6) is 1.14. The van der Waals surface area contributed by atoms with Crippen LogP contribution < -0.4 is 11.1 Å². The Balaban J connectivity index is 1.83. The fourth-order valence-electron chi connectivity index (χ4n) is 3.61. The van der Waals surface area contributed by atoms with Crippen LogP contribution in [-0.2, 0) is 10.3 Å². The Bertz CT molecular complexity index is 998. The van der Waals surface area contributed by atoms with Crippen LogP contribution >= 0.6 is 0 Å². The van der Waals surface area contributed by atoms with Crippen molar-refractivity contribution < 1.29 is 4.74 Å². The van der Waals surface area contributed by atoms with Gasteiger partial charge >= 0.3 is 0 Å². The molecule has 1 aliphatic rings. The highest BCUT2D eigenvalue weighted by Crippen LogP contribution is 2.34. The second kappa shape index (κ2) is 7.05. The lowest BCUT2D eigenvalue weighted by Gasteiger charge is -2.20. The number of hydrogen-bond donors (Lipinski definition) is 2. The maximum atomic E-state index is 6.50. The number of fused-ring (bicyclic) bond motifs is 1. The maximum Gasteiger partial charge on any atom is 0.225 e. The average molecular weight is 380 g/mol. The van der Waals surface area contributed by atoms with Crippen LogP contribution in [-0.4, -0.2) is 39.0 Å². The Morgan fingerprint density at radius 3 is 2.79 bits per heavy atom. The predicted molar refractivity (Wildman–Crippen MR) is 112 cm³/mol. The number of rotatable bonds is 4. The highest BCUT2D eigenvalue weighted by molar-refractivity contribution is 5.99. The molecule has 0 aliphatic carbocycles. The number of aromatic nitrogens is 4. The molecule has 28 heavy (non-hydrogen) atoms.